The Kier molecular flexibility index (Phi) is 3.56. The topological polar surface area (TPSA) is 29.1 Å². The molecule has 1 saturated carbocycles. The van der Waals surface area contributed by atoms with Gasteiger partial charge in [0.1, 0.15) is 10.2 Å². The maximum Gasteiger partial charge on any atom is 0.229 e. The van der Waals surface area contributed by atoms with Gasteiger partial charge in [0.25, 0.3) is 0 Å². The van der Waals surface area contributed by atoms with Crippen LogP contribution in [0, 0.1) is 11.2 Å². The molecule has 0 saturated heterocycles. The van der Waals surface area contributed by atoms with E-state index in [1.165, 1.54) is 12.1 Å². The predicted molar refractivity (Wildman–Crippen MR) is 70.3 cm³/mol. The first-order valence-corrected chi connectivity index (χ1v) is 6.51. The van der Waals surface area contributed by atoms with Gasteiger partial charge in [0, 0.05) is 6.54 Å². The summed E-state index contributed by atoms with van der Waals surface area (Å²) < 4.78 is 12.0. The molecule has 0 bridgehead atoms. The first kappa shape index (κ1) is 13.6. The fourth-order valence-electron chi connectivity index (χ4n) is 1.85. The smallest absolute Gasteiger partial charge is 0.229 e. The number of hydrogen-bond acceptors (Lipinski definition) is 1. The molecule has 1 aliphatic rings. The highest BCUT2D eigenvalue weighted by atomic mass is 35.5. The second kappa shape index (κ2) is 4.71. The van der Waals surface area contributed by atoms with Crippen molar-refractivity contribution in [3.05, 3.63) is 35.6 Å². The minimum absolute atomic E-state index is 0.149. The molecule has 1 amide bonds. The Morgan fingerprint density at radius 3 is 2.72 bits per heavy atom. The van der Waals surface area contributed by atoms with Crippen LogP contribution in [0.15, 0.2) is 24.3 Å². The summed E-state index contributed by atoms with van der Waals surface area (Å²) >= 11 is 11.8. The zero-order valence-electron chi connectivity index (χ0n) is 9.97. The molecule has 0 aliphatic heterocycles. The zero-order valence-corrected chi connectivity index (χ0v) is 11.5. The minimum Gasteiger partial charge on any atom is -0.355 e. The third-order valence-corrected chi connectivity index (χ3v) is 4.45. The SMILES string of the molecule is CC1(C(=O)NCCc2cccc(F)c2)CC1(Cl)Cl. The lowest BCUT2D eigenvalue weighted by Crippen LogP contribution is -2.34. The first-order chi connectivity index (χ1) is 8.35. The fourth-order valence-corrected chi connectivity index (χ4v) is 2.56. The molecule has 1 fully saturated rings. The van der Waals surface area contributed by atoms with Gasteiger partial charge in [-0.3, -0.25) is 4.79 Å². The van der Waals surface area contributed by atoms with E-state index in [1.807, 2.05) is 6.07 Å². The normalized spacial score (nSPS) is 24.7. The molecule has 0 aromatic heterocycles. The maximum atomic E-state index is 12.9. The van der Waals surface area contributed by atoms with Crippen LogP contribution in [0.2, 0.25) is 0 Å². The maximum absolute atomic E-state index is 12.9. The van der Waals surface area contributed by atoms with Gasteiger partial charge in [-0.25, -0.2) is 4.39 Å². The van der Waals surface area contributed by atoms with E-state index in [9.17, 15) is 9.18 Å². The molecule has 1 aliphatic carbocycles. The molecular formula is C13H14Cl2FNO. The Bertz CT molecular complexity index is 478. The van der Waals surface area contributed by atoms with Gasteiger partial charge in [-0.1, -0.05) is 12.1 Å². The summed E-state index contributed by atoms with van der Waals surface area (Å²) in [5.41, 5.74) is 0.150. The average Bonchev–Trinajstić information content (AvgIpc) is 2.79. The highest BCUT2D eigenvalue weighted by molar-refractivity contribution is 6.53. The number of benzene rings is 1. The minimum atomic E-state index is -0.948. The van der Waals surface area contributed by atoms with Crippen LogP contribution in [-0.4, -0.2) is 16.8 Å². The molecule has 18 heavy (non-hydrogen) atoms. The number of alkyl halides is 2. The van der Waals surface area contributed by atoms with Crippen LogP contribution >= 0.6 is 23.2 Å². The molecule has 0 heterocycles. The van der Waals surface area contributed by atoms with Gasteiger partial charge in [-0.2, -0.15) is 0 Å². The van der Waals surface area contributed by atoms with E-state index in [4.69, 9.17) is 23.2 Å². The van der Waals surface area contributed by atoms with Crippen LogP contribution in [-0.2, 0) is 11.2 Å². The lowest BCUT2D eigenvalue weighted by Gasteiger charge is -2.12. The van der Waals surface area contributed by atoms with Crippen LogP contribution in [0.5, 0.6) is 0 Å². The fraction of sp³-hybridized carbons (Fsp3) is 0.462. The largest absolute Gasteiger partial charge is 0.355 e. The summed E-state index contributed by atoms with van der Waals surface area (Å²) in [4.78, 5) is 11.8. The van der Waals surface area contributed by atoms with Crippen molar-refractivity contribution in [1.82, 2.24) is 5.32 Å². The van der Waals surface area contributed by atoms with Crippen molar-refractivity contribution in [2.75, 3.05) is 6.54 Å². The monoisotopic (exact) mass is 289 g/mol. The van der Waals surface area contributed by atoms with Crippen LogP contribution in [0.4, 0.5) is 4.39 Å². The van der Waals surface area contributed by atoms with E-state index < -0.39 is 9.75 Å². The molecule has 5 heteroatoms. The molecule has 1 unspecified atom stereocenters. The lowest BCUT2D eigenvalue weighted by atomic mass is 10.1. The lowest BCUT2D eigenvalue weighted by molar-refractivity contribution is -0.125. The van der Waals surface area contributed by atoms with Crippen molar-refractivity contribution in [3.63, 3.8) is 0 Å². The molecule has 2 nitrogen and oxygen atoms in total. The molecule has 1 aromatic rings. The van der Waals surface area contributed by atoms with E-state index in [1.54, 1.807) is 13.0 Å². The van der Waals surface area contributed by atoms with Crippen LogP contribution in [0.3, 0.4) is 0 Å². The third-order valence-electron chi connectivity index (χ3n) is 3.35. The molecule has 1 aromatic carbocycles. The number of amides is 1. The Morgan fingerprint density at radius 1 is 1.50 bits per heavy atom. The Labute approximate surface area is 115 Å². The number of rotatable bonds is 4. The summed E-state index contributed by atoms with van der Waals surface area (Å²) in [5.74, 6) is -0.419. The number of hydrogen-bond donors (Lipinski definition) is 1. The van der Waals surface area contributed by atoms with Gasteiger partial charge < -0.3 is 5.32 Å². The standard InChI is InChI=1S/C13H14Cl2FNO/c1-12(8-13(12,14)15)11(18)17-6-5-9-3-2-4-10(16)7-9/h2-4,7H,5-6,8H2,1H3,(H,17,18). The summed E-state index contributed by atoms with van der Waals surface area (Å²) in [7, 11) is 0. The molecule has 1 atom stereocenters. The van der Waals surface area contributed by atoms with Gasteiger partial charge in [0.05, 0.1) is 5.41 Å². The zero-order chi connectivity index (χ0) is 13.4. The van der Waals surface area contributed by atoms with Crippen molar-refractivity contribution in [2.24, 2.45) is 5.41 Å². The van der Waals surface area contributed by atoms with Crippen LogP contribution in [0.1, 0.15) is 18.9 Å². The second-order valence-electron chi connectivity index (χ2n) is 4.85. The summed E-state index contributed by atoms with van der Waals surface area (Å²) in [6.07, 6.45) is 1.05. The number of carbonyl (C=O) groups is 1. The molecule has 1 N–H and O–H groups in total. The molecule has 0 radical (unpaired) electrons. The summed E-state index contributed by atoms with van der Waals surface area (Å²) in [6, 6.07) is 6.32. The van der Waals surface area contributed by atoms with Gasteiger partial charge in [-0.15, -0.1) is 23.2 Å². The van der Waals surface area contributed by atoms with Gasteiger partial charge >= 0.3 is 0 Å². The van der Waals surface area contributed by atoms with E-state index >= 15 is 0 Å². The van der Waals surface area contributed by atoms with Crippen LogP contribution < -0.4 is 5.32 Å². The second-order valence-corrected chi connectivity index (χ2v) is 6.33. The van der Waals surface area contributed by atoms with Crippen molar-refractivity contribution in [3.8, 4) is 0 Å². The molecular weight excluding hydrogens is 276 g/mol. The number of halogens is 3. The Balaban J connectivity index is 1.82. The highest BCUT2D eigenvalue weighted by Crippen LogP contribution is 2.63. The number of nitrogens with one attached hydrogen (secondary N) is 1. The van der Waals surface area contributed by atoms with Gasteiger partial charge in [-0.05, 0) is 37.5 Å². The summed E-state index contributed by atoms with van der Waals surface area (Å²) in [5, 5.41) is 2.78. The van der Waals surface area contributed by atoms with Crippen molar-refractivity contribution in [2.45, 2.75) is 24.1 Å². The average molecular weight is 290 g/mol. The van der Waals surface area contributed by atoms with E-state index in [0.717, 1.165) is 5.56 Å². The molecule has 2 rings (SSSR count). The molecule has 0 spiro atoms. The van der Waals surface area contributed by atoms with Gasteiger partial charge in [0.2, 0.25) is 5.91 Å². The van der Waals surface area contributed by atoms with Crippen molar-refractivity contribution < 1.29 is 9.18 Å². The number of carbonyl (C=O) groups excluding carboxylic acids is 1. The molecule has 98 valence electrons. The predicted octanol–water partition coefficient (Wildman–Crippen LogP) is 3.07. The third kappa shape index (κ3) is 2.62. The first-order valence-electron chi connectivity index (χ1n) is 5.76. The van der Waals surface area contributed by atoms with E-state index in [-0.39, 0.29) is 11.7 Å². The van der Waals surface area contributed by atoms with Crippen LogP contribution in [0.25, 0.3) is 0 Å². The Hall–Kier alpha value is -0.800. The van der Waals surface area contributed by atoms with Crippen molar-refractivity contribution in [1.29, 1.82) is 0 Å². The highest BCUT2D eigenvalue weighted by Gasteiger charge is 2.67. The van der Waals surface area contributed by atoms with Gasteiger partial charge in [0.15, 0.2) is 0 Å². The van der Waals surface area contributed by atoms with E-state index in [2.05, 4.69) is 5.32 Å². The van der Waals surface area contributed by atoms with Crippen molar-refractivity contribution >= 4 is 29.1 Å². The Morgan fingerprint density at radius 2 is 2.17 bits per heavy atom. The van der Waals surface area contributed by atoms with E-state index in [0.29, 0.717) is 19.4 Å². The summed E-state index contributed by atoms with van der Waals surface area (Å²) in [6.45, 7) is 2.19. The quantitative estimate of drug-likeness (QED) is 0.848.